The number of hydrogen-bond acceptors (Lipinski definition) is 8. The van der Waals surface area contributed by atoms with Crippen LogP contribution >= 0.6 is 7.82 Å². The van der Waals surface area contributed by atoms with Crippen LogP contribution in [-0.4, -0.2) is 68.3 Å². The number of unbranched alkanes of at least 4 members (excludes halogenated alkanes) is 24. The summed E-state index contributed by atoms with van der Waals surface area (Å²) in [5.74, 6) is -0.792. The molecule has 0 amide bonds. The molecule has 0 aliphatic carbocycles. The molecule has 0 aromatic carbocycles. The van der Waals surface area contributed by atoms with Crippen molar-refractivity contribution in [1.29, 1.82) is 0 Å². The van der Waals surface area contributed by atoms with Crippen molar-refractivity contribution in [3.8, 4) is 0 Å². The van der Waals surface area contributed by atoms with Gasteiger partial charge >= 0.3 is 19.8 Å². The maximum atomic E-state index is 12.6. The average molecular weight is 720 g/mol. The fraction of sp³-hybridized carbons (Fsp3) is 0.949. The van der Waals surface area contributed by atoms with Crippen LogP contribution < -0.4 is 0 Å². The van der Waals surface area contributed by atoms with Crippen LogP contribution in [0.1, 0.15) is 194 Å². The van der Waals surface area contributed by atoms with E-state index in [4.69, 9.17) is 18.5 Å². The van der Waals surface area contributed by atoms with Crippen LogP contribution in [0.3, 0.4) is 0 Å². The van der Waals surface area contributed by atoms with Crippen molar-refractivity contribution in [1.82, 2.24) is 4.90 Å². The average Bonchev–Trinajstić information content (AvgIpc) is 3.06. The van der Waals surface area contributed by atoms with Crippen LogP contribution in [0.2, 0.25) is 0 Å². The molecule has 0 radical (unpaired) electrons. The van der Waals surface area contributed by atoms with Crippen molar-refractivity contribution >= 4 is 19.8 Å². The summed E-state index contributed by atoms with van der Waals surface area (Å²) in [7, 11) is -0.697. The number of carbonyl (C=O) groups is 2. The summed E-state index contributed by atoms with van der Waals surface area (Å²) in [5, 5.41) is 0. The van der Waals surface area contributed by atoms with Crippen molar-refractivity contribution in [2.45, 2.75) is 200 Å². The van der Waals surface area contributed by atoms with Gasteiger partial charge in [0.1, 0.15) is 6.61 Å². The van der Waals surface area contributed by atoms with Gasteiger partial charge in [-0.3, -0.25) is 18.6 Å². The quantitative estimate of drug-likeness (QED) is 0.0378. The Balaban J connectivity index is 4.27. The second-order valence-corrected chi connectivity index (χ2v) is 15.6. The van der Waals surface area contributed by atoms with Gasteiger partial charge in [0.2, 0.25) is 0 Å². The van der Waals surface area contributed by atoms with Gasteiger partial charge in [-0.15, -0.1) is 0 Å². The second kappa shape index (κ2) is 35.4. The number of hydrogen-bond donors (Lipinski definition) is 1. The summed E-state index contributed by atoms with van der Waals surface area (Å²) in [6, 6.07) is 0. The van der Waals surface area contributed by atoms with Gasteiger partial charge in [0.25, 0.3) is 0 Å². The van der Waals surface area contributed by atoms with E-state index in [-0.39, 0.29) is 25.6 Å². The highest BCUT2D eigenvalue weighted by Crippen LogP contribution is 2.43. The zero-order valence-corrected chi connectivity index (χ0v) is 33.3. The number of nitrogens with zero attached hydrogens (tertiary/aromatic N) is 1. The van der Waals surface area contributed by atoms with E-state index in [0.717, 1.165) is 32.1 Å². The monoisotopic (exact) mass is 720 g/mol. The molecule has 0 aromatic heterocycles. The first-order chi connectivity index (χ1) is 23.7. The number of esters is 2. The van der Waals surface area contributed by atoms with Crippen molar-refractivity contribution in [2.75, 3.05) is 40.5 Å². The normalized spacial score (nSPS) is 13.4. The third-order valence-electron chi connectivity index (χ3n) is 8.91. The molecule has 0 rings (SSSR count). The summed E-state index contributed by atoms with van der Waals surface area (Å²) < 4.78 is 33.4. The Morgan fingerprint density at radius 1 is 0.551 bits per heavy atom. The molecule has 10 heteroatoms. The molecule has 0 fully saturated rings. The summed E-state index contributed by atoms with van der Waals surface area (Å²) >= 11 is 0. The number of rotatable bonds is 38. The predicted molar refractivity (Wildman–Crippen MR) is 202 cm³/mol. The molecular formula is C39H78NO8P. The third kappa shape index (κ3) is 36.6. The number of ether oxygens (including phenoxy) is 2. The van der Waals surface area contributed by atoms with Gasteiger partial charge in [-0.25, -0.2) is 4.57 Å². The molecule has 2 unspecified atom stereocenters. The molecule has 0 bridgehead atoms. The molecule has 0 spiro atoms. The van der Waals surface area contributed by atoms with Gasteiger partial charge < -0.3 is 19.3 Å². The van der Waals surface area contributed by atoms with Gasteiger partial charge in [-0.05, 0) is 26.9 Å². The van der Waals surface area contributed by atoms with E-state index >= 15 is 0 Å². The van der Waals surface area contributed by atoms with E-state index in [1.165, 1.54) is 128 Å². The Labute approximate surface area is 301 Å². The lowest BCUT2D eigenvalue weighted by molar-refractivity contribution is -0.161. The fourth-order valence-electron chi connectivity index (χ4n) is 5.75. The minimum Gasteiger partial charge on any atom is -0.462 e. The van der Waals surface area contributed by atoms with E-state index < -0.39 is 26.5 Å². The topological polar surface area (TPSA) is 112 Å². The SMILES string of the molecule is CCCCCCCCCCCCCCCCCC(=O)OCC(COP(=O)(O)OCCN(C)C)OC(=O)CCCCCCCCCCCCC. The highest BCUT2D eigenvalue weighted by Gasteiger charge is 2.26. The lowest BCUT2D eigenvalue weighted by Crippen LogP contribution is -2.29. The van der Waals surface area contributed by atoms with Gasteiger partial charge in [-0.1, -0.05) is 168 Å². The van der Waals surface area contributed by atoms with E-state index in [1.54, 1.807) is 0 Å². The molecule has 0 saturated heterocycles. The minimum atomic E-state index is -4.35. The zero-order chi connectivity index (χ0) is 36.3. The Morgan fingerprint density at radius 2 is 0.918 bits per heavy atom. The van der Waals surface area contributed by atoms with Crippen molar-refractivity contribution in [3.05, 3.63) is 0 Å². The summed E-state index contributed by atoms with van der Waals surface area (Å²) in [6.45, 7) is 4.33. The van der Waals surface area contributed by atoms with E-state index in [0.29, 0.717) is 19.4 Å². The largest absolute Gasteiger partial charge is 0.472 e. The highest BCUT2D eigenvalue weighted by atomic mass is 31.2. The molecule has 0 aliphatic heterocycles. The predicted octanol–water partition coefficient (Wildman–Crippen LogP) is 11.1. The number of phosphoric ester groups is 1. The van der Waals surface area contributed by atoms with Crippen LogP contribution in [0.25, 0.3) is 0 Å². The van der Waals surface area contributed by atoms with Crippen LogP contribution in [-0.2, 0) is 32.7 Å². The first-order valence-corrected chi connectivity index (χ1v) is 21.8. The Morgan fingerprint density at radius 3 is 1.31 bits per heavy atom. The van der Waals surface area contributed by atoms with Crippen LogP contribution in [0, 0.1) is 0 Å². The summed E-state index contributed by atoms with van der Waals surface area (Å²) in [6.07, 6.45) is 31.4. The van der Waals surface area contributed by atoms with Crippen molar-refractivity contribution < 1.29 is 37.6 Å². The first-order valence-electron chi connectivity index (χ1n) is 20.3. The second-order valence-electron chi connectivity index (χ2n) is 14.2. The Hall–Kier alpha value is -0.990. The molecule has 2 atom stereocenters. The fourth-order valence-corrected chi connectivity index (χ4v) is 6.49. The highest BCUT2D eigenvalue weighted by molar-refractivity contribution is 7.47. The van der Waals surface area contributed by atoms with Gasteiger partial charge in [0.05, 0.1) is 13.2 Å². The van der Waals surface area contributed by atoms with Gasteiger partial charge in [0.15, 0.2) is 6.10 Å². The molecule has 0 heterocycles. The third-order valence-corrected chi connectivity index (χ3v) is 9.90. The Kier molecular flexibility index (Phi) is 34.7. The minimum absolute atomic E-state index is 0.0122. The zero-order valence-electron chi connectivity index (χ0n) is 32.4. The molecule has 0 saturated carbocycles. The smallest absolute Gasteiger partial charge is 0.462 e. The van der Waals surface area contributed by atoms with Crippen molar-refractivity contribution in [2.24, 2.45) is 0 Å². The first kappa shape index (κ1) is 48.0. The molecule has 49 heavy (non-hydrogen) atoms. The summed E-state index contributed by atoms with van der Waals surface area (Å²) in [4.78, 5) is 36.9. The molecule has 0 aliphatic rings. The number of likely N-dealkylation sites (N-methyl/N-ethyl adjacent to an activating group) is 1. The lowest BCUT2D eigenvalue weighted by atomic mass is 10.0. The van der Waals surface area contributed by atoms with E-state index in [2.05, 4.69) is 13.8 Å². The van der Waals surface area contributed by atoms with Gasteiger partial charge in [0, 0.05) is 19.4 Å². The van der Waals surface area contributed by atoms with Crippen LogP contribution in [0.4, 0.5) is 0 Å². The molecule has 9 nitrogen and oxygen atoms in total. The molecule has 292 valence electrons. The number of carbonyl (C=O) groups excluding carboxylic acids is 2. The van der Waals surface area contributed by atoms with Crippen LogP contribution in [0.15, 0.2) is 0 Å². The van der Waals surface area contributed by atoms with Gasteiger partial charge in [-0.2, -0.15) is 0 Å². The van der Waals surface area contributed by atoms with Crippen LogP contribution in [0.5, 0.6) is 0 Å². The van der Waals surface area contributed by atoms with E-state index in [9.17, 15) is 19.0 Å². The number of phosphoric acid groups is 1. The molecule has 1 N–H and O–H groups in total. The van der Waals surface area contributed by atoms with Crippen molar-refractivity contribution in [3.63, 3.8) is 0 Å². The van der Waals surface area contributed by atoms with E-state index in [1.807, 2.05) is 19.0 Å². The Bertz CT molecular complexity index is 797. The maximum Gasteiger partial charge on any atom is 0.472 e. The molecule has 0 aromatic rings. The molecular weight excluding hydrogens is 641 g/mol. The maximum absolute atomic E-state index is 12.6. The lowest BCUT2D eigenvalue weighted by Gasteiger charge is -2.20. The summed E-state index contributed by atoms with van der Waals surface area (Å²) in [5.41, 5.74) is 0. The standard InChI is InChI=1S/C39H78NO8P/c1-5-7-9-11-13-15-17-18-19-20-22-23-25-27-29-31-38(41)45-35-37(36-47-49(43,44)46-34-33-40(3)4)48-39(42)32-30-28-26-24-21-16-14-12-10-8-6-2/h37H,5-36H2,1-4H3,(H,43,44).